The summed E-state index contributed by atoms with van der Waals surface area (Å²) in [6.45, 7) is 0.581. The van der Waals surface area contributed by atoms with Crippen LogP contribution in [-0.4, -0.2) is 23.7 Å². The number of nitrogen functional groups attached to an aromatic ring is 1. The van der Waals surface area contributed by atoms with Gasteiger partial charge in [-0.15, -0.1) is 0 Å². The molecule has 12 heavy (non-hydrogen) atoms. The summed E-state index contributed by atoms with van der Waals surface area (Å²) in [5.74, 6) is 0.668. The molecule has 6 heteroatoms. The Kier molecular flexibility index (Phi) is 1.30. The van der Waals surface area contributed by atoms with Gasteiger partial charge in [0.2, 0.25) is 0 Å². The van der Waals surface area contributed by atoms with Crippen LogP contribution in [0.2, 0.25) is 0 Å². The van der Waals surface area contributed by atoms with Crippen molar-refractivity contribution >= 4 is 17.3 Å². The smallest absolute Gasteiger partial charge is 0.312 e. The molecule has 0 unspecified atom stereocenters. The first-order valence-corrected chi connectivity index (χ1v) is 3.46. The van der Waals surface area contributed by atoms with Gasteiger partial charge < -0.3 is 16.0 Å². The largest absolute Gasteiger partial charge is 0.382 e. The van der Waals surface area contributed by atoms with Crippen molar-refractivity contribution < 1.29 is 4.39 Å². The third-order valence-electron chi connectivity index (χ3n) is 1.75. The Morgan fingerprint density at radius 3 is 3.08 bits per heavy atom. The van der Waals surface area contributed by atoms with Crippen molar-refractivity contribution in [1.29, 1.82) is 0 Å². The first-order chi connectivity index (χ1) is 5.68. The van der Waals surface area contributed by atoms with Crippen molar-refractivity contribution in [2.24, 2.45) is 0 Å². The molecule has 0 amide bonds. The van der Waals surface area contributed by atoms with Crippen LogP contribution in [0.25, 0.3) is 0 Å². The first-order valence-electron chi connectivity index (χ1n) is 3.46. The Morgan fingerprint density at radius 1 is 1.58 bits per heavy atom. The highest BCUT2D eigenvalue weighted by atomic mass is 19.1. The van der Waals surface area contributed by atoms with Crippen LogP contribution >= 0.6 is 0 Å². The van der Waals surface area contributed by atoms with Crippen molar-refractivity contribution in [2.75, 3.05) is 29.7 Å². The summed E-state index contributed by atoms with van der Waals surface area (Å²) in [4.78, 5) is 8.75. The number of anilines is 3. The van der Waals surface area contributed by atoms with Gasteiger partial charge in [0.15, 0.2) is 11.6 Å². The van der Waals surface area contributed by atoms with E-state index in [1.54, 1.807) is 11.9 Å². The van der Waals surface area contributed by atoms with Crippen LogP contribution in [0.3, 0.4) is 0 Å². The molecule has 3 N–H and O–H groups in total. The van der Waals surface area contributed by atoms with Gasteiger partial charge >= 0.3 is 6.08 Å². The fourth-order valence-electron chi connectivity index (χ4n) is 1.16. The molecule has 1 aromatic rings. The van der Waals surface area contributed by atoms with Crippen molar-refractivity contribution in [2.45, 2.75) is 0 Å². The molecule has 0 aromatic carbocycles. The van der Waals surface area contributed by atoms with Crippen LogP contribution in [0.5, 0.6) is 0 Å². The quantitative estimate of drug-likeness (QED) is 0.536. The summed E-state index contributed by atoms with van der Waals surface area (Å²) in [5, 5.41) is 2.95. The van der Waals surface area contributed by atoms with Crippen LogP contribution in [-0.2, 0) is 0 Å². The number of aromatic nitrogens is 2. The number of hydrogen-bond acceptors (Lipinski definition) is 5. The number of rotatable bonds is 0. The second-order valence-electron chi connectivity index (χ2n) is 2.61. The van der Waals surface area contributed by atoms with E-state index in [1.165, 1.54) is 0 Å². The summed E-state index contributed by atoms with van der Waals surface area (Å²) in [5.41, 5.74) is 6.06. The van der Waals surface area contributed by atoms with Gasteiger partial charge in [-0.3, -0.25) is 0 Å². The van der Waals surface area contributed by atoms with E-state index in [9.17, 15) is 4.39 Å². The van der Waals surface area contributed by atoms with Crippen LogP contribution in [0.4, 0.5) is 21.7 Å². The van der Waals surface area contributed by atoms with E-state index >= 15 is 0 Å². The maximum absolute atomic E-state index is 12.6. The SMILES string of the molecule is CN1CNc2c(N)nc(F)nc21. The fraction of sp³-hybridized carbons (Fsp3) is 0.333. The van der Waals surface area contributed by atoms with Crippen molar-refractivity contribution in [1.82, 2.24) is 9.97 Å². The predicted octanol–water partition coefficient (Wildman–Crippen LogP) is 0.0171. The summed E-state index contributed by atoms with van der Waals surface area (Å²) in [6, 6.07) is 0. The monoisotopic (exact) mass is 169 g/mol. The third-order valence-corrected chi connectivity index (χ3v) is 1.75. The van der Waals surface area contributed by atoms with Gasteiger partial charge in [0, 0.05) is 7.05 Å². The lowest BCUT2D eigenvalue weighted by Crippen LogP contribution is -2.16. The van der Waals surface area contributed by atoms with Gasteiger partial charge in [0.1, 0.15) is 5.69 Å². The molecule has 1 aliphatic heterocycles. The molecule has 0 fully saturated rings. The van der Waals surface area contributed by atoms with E-state index in [0.717, 1.165) is 0 Å². The Bertz CT molecular complexity index is 326. The molecule has 5 nitrogen and oxygen atoms in total. The third kappa shape index (κ3) is 0.843. The molecule has 0 bridgehead atoms. The number of hydrogen-bond donors (Lipinski definition) is 2. The van der Waals surface area contributed by atoms with Crippen molar-refractivity contribution in [3.63, 3.8) is 0 Å². The maximum atomic E-state index is 12.6. The molecule has 0 atom stereocenters. The number of halogens is 1. The first kappa shape index (κ1) is 7.08. The molecule has 0 aliphatic carbocycles. The molecule has 0 saturated carbocycles. The molecule has 1 aliphatic rings. The summed E-state index contributed by atoms with van der Waals surface area (Å²) in [6.07, 6.45) is -0.790. The molecule has 1 aromatic heterocycles. The zero-order valence-corrected chi connectivity index (χ0v) is 6.50. The highest BCUT2D eigenvalue weighted by molar-refractivity contribution is 5.79. The summed E-state index contributed by atoms with van der Waals surface area (Å²) >= 11 is 0. The van der Waals surface area contributed by atoms with Gasteiger partial charge in [0.25, 0.3) is 0 Å². The lowest BCUT2D eigenvalue weighted by molar-refractivity contribution is 0.542. The maximum Gasteiger partial charge on any atom is 0.312 e. The lowest BCUT2D eigenvalue weighted by atomic mass is 10.4. The number of fused-ring (bicyclic) bond motifs is 1. The molecule has 0 radical (unpaired) electrons. The second kappa shape index (κ2) is 2.20. The van der Waals surface area contributed by atoms with E-state index in [-0.39, 0.29) is 5.82 Å². The Labute approximate surface area is 68.4 Å². The van der Waals surface area contributed by atoms with Crippen LogP contribution < -0.4 is 16.0 Å². The molecule has 64 valence electrons. The normalized spacial score (nSPS) is 14.3. The Hall–Kier alpha value is -1.59. The van der Waals surface area contributed by atoms with Crippen LogP contribution in [0.1, 0.15) is 0 Å². The van der Waals surface area contributed by atoms with Gasteiger partial charge in [-0.2, -0.15) is 14.4 Å². The number of nitrogens with two attached hydrogens (primary N) is 1. The Balaban J connectivity index is 2.60. The second-order valence-corrected chi connectivity index (χ2v) is 2.61. The minimum absolute atomic E-state index is 0.154. The predicted molar refractivity (Wildman–Crippen MR) is 43.3 cm³/mol. The molecule has 2 rings (SSSR count). The lowest BCUT2D eigenvalue weighted by Gasteiger charge is -2.07. The van der Waals surface area contributed by atoms with E-state index in [4.69, 9.17) is 5.73 Å². The molecule has 0 spiro atoms. The van der Waals surface area contributed by atoms with Gasteiger partial charge in [0.05, 0.1) is 6.67 Å². The molecule has 2 heterocycles. The number of nitrogens with zero attached hydrogens (tertiary/aromatic N) is 3. The van der Waals surface area contributed by atoms with E-state index in [2.05, 4.69) is 15.3 Å². The minimum Gasteiger partial charge on any atom is -0.382 e. The highest BCUT2D eigenvalue weighted by Gasteiger charge is 2.21. The standard InChI is InChI=1S/C6H8FN5/c1-12-2-9-3-4(8)10-6(7)11-5(3)12/h9H,2H2,1H3,(H2,8,10,11). The van der Waals surface area contributed by atoms with E-state index < -0.39 is 6.08 Å². The van der Waals surface area contributed by atoms with E-state index in [1.807, 2.05) is 0 Å². The topological polar surface area (TPSA) is 67.1 Å². The van der Waals surface area contributed by atoms with Crippen molar-refractivity contribution in [3.05, 3.63) is 6.08 Å². The summed E-state index contributed by atoms with van der Waals surface area (Å²) < 4.78 is 12.6. The fourth-order valence-corrected chi connectivity index (χ4v) is 1.16. The molecular weight excluding hydrogens is 161 g/mol. The van der Waals surface area contributed by atoms with Crippen molar-refractivity contribution in [3.8, 4) is 0 Å². The average Bonchev–Trinajstić information content (AvgIpc) is 2.33. The molecular formula is C6H8FN5. The van der Waals surface area contributed by atoms with Gasteiger partial charge in [-0.05, 0) is 0 Å². The van der Waals surface area contributed by atoms with Crippen LogP contribution in [0.15, 0.2) is 0 Å². The average molecular weight is 169 g/mol. The molecule has 0 saturated heterocycles. The zero-order chi connectivity index (χ0) is 8.72. The van der Waals surface area contributed by atoms with Crippen LogP contribution in [0, 0.1) is 6.08 Å². The minimum atomic E-state index is -0.790. The number of nitrogens with one attached hydrogen (secondary N) is 1. The summed E-state index contributed by atoms with van der Waals surface area (Å²) in [7, 11) is 1.80. The Morgan fingerprint density at radius 2 is 2.33 bits per heavy atom. The zero-order valence-electron chi connectivity index (χ0n) is 6.50. The van der Waals surface area contributed by atoms with Gasteiger partial charge in [-0.25, -0.2) is 0 Å². The van der Waals surface area contributed by atoms with E-state index in [0.29, 0.717) is 18.2 Å². The van der Waals surface area contributed by atoms with Gasteiger partial charge in [-0.1, -0.05) is 0 Å². The highest BCUT2D eigenvalue weighted by Crippen LogP contribution is 2.31.